The average Bonchev–Trinajstić information content (AvgIpc) is 2.96. The Balaban J connectivity index is 2.12. The summed E-state index contributed by atoms with van der Waals surface area (Å²) in [5.74, 6) is -0.216. The smallest absolute Gasteiger partial charge is 0.267 e. The number of aromatic nitrogens is 3. The minimum atomic E-state index is -3.70. The highest BCUT2D eigenvalue weighted by Crippen LogP contribution is 2.21. The largest absolute Gasteiger partial charge is 0.279 e. The molecular formula is C14H10N4O3S2. The monoisotopic (exact) mass is 346 g/mol. The molecule has 23 heavy (non-hydrogen) atoms. The third-order valence-corrected chi connectivity index (χ3v) is 6.23. The summed E-state index contributed by atoms with van der Waals surface area (Å²) in [6, 6.07) is 10.5. The Bertz CT molecular complexity index is 1090. The van der Waals surface area contributed by atoms with Crippen molar-refractivity contribution >= 4 is 26.1 Å². The summed E-state index contributed by atoms with van der Waals surface area (Å²) in [4.78, 5) is 16.2. The third-order valence-electron chi connectivity index (χ3n) is 3.19. The van der Waals surface area contributed by atoms with E-state index in [0.29, 0.717) is 5.56 Å². The van der Waals surface area contributed by atoms with Gasteiger partial charge in [0, 0.05) is 0 Å². The summed E-state index contributed by atoms with van der Waals surface area (Å²) < 4.78 is 25.7. The number of nitriles is 1. The fourth-order valence-electron chi connectivity index (χ4n) is 2.00. The predicted octanol–water partition coefficient (Wildman–Crippen LogP) is 1.30. The zero-order chi connectivity index (χ0) is 16.6. The van der Waals surface area contributed by atoms with Crippen molar-refractivity contribution in [3.63, 3.8) is 0 Å². The third kappa shape index (κ3) is 2.74. The van der Waals surface area contributed by atoms with E-state index >= 15 is 0 Å². The van der Waals surface area contributed by atoms with Crippen molar-refractivity contribution in [1.82, 2.24) is 14.6 Å². The molecule has 0 saturated carbocycles. The number of fused-ring (bicyclic) bond motifs is 1. The van der Waals surface area contributed by atoms with Crippen LogP contribution in [0.1, 0.15) is 16.8 Å². The number of hydrogen-bond acceptors (Lipinski definition) is 7. The molecule has 0 amide bonds. The molecule has 2 heterocycles. The van der Waals surface area contributed by atoms with Crippen molar-refractivity contribution in [1.29, 1.82) is 5.26 Å². The number of hydrogen-bond donors (Lipinski definition) is 0. The summed E-state index contributed by atoms with van der Waals surface area (Å²) in [6.45, 7) is 1.46. The Morgan fingerprint density at radius 2 is 2.00 bits per heavy atom. The number of nitrogens with zero attached hydrogens (tertiary/aromatic N) is 4. The number of rotatable bonds is 3. The van der Waals surface area contributed by atoms with Crippen LogP contribution in [-0.4, -0.2) is 23.0 Å². The van der Waals surface area contributed by atoms with Crippen LogP contribution < -0.4 is 5.56 Å². The molecule has 9 heteroatoms. The molecule has 2 aromatic heterocycles. The minimum Gasteiger partial charge on any atom is -0.267 e. The summed E-state index contributed by atoms with van der Waals surface area (Å²) in [6.07, 6.45) is 0. The molecule has 0 unspecified atom stereocenters. The molecule has 0 aliphatic carbocycles. The van der Waals surface area contributed by atoms with Crippen LogP contribution in [0.4, 0.5) is 0 Å². The molecule has 0 aliphatic heterocycles. The second-order valence-electron chi connectivity index (χ2n) is 4.81. The van der Waals surface area contributed by atoms with E-state index in [0.717, 1.165) is 15.9 Å². The lowest BCUT2D eigenvalue weighted by Gasteiger charge is -1.99. The lowest BCUT2D eigenvalue weighted by atomic mass is 10.2. The molecule has 0 bridgehead atoms. The molecule has 0 aliphatic rings. The standard InChI is InChI=1S/C14H10N4O3S2/c1-9-11(7-15)16-13-18(12(9)19)17-14(22-13)23(20,21)8-10-5-3-2-4-6-10/h2-6H,8H2,1H3. The van der Waals surface area contributed by atoms with Gasteiger partial charge in [0.25, 0.3) is 5.56 Å². The Hall–Kier alpha value is -2.57. The number of sulfone groups is 1. The predicted molar refractivity (Wildman–Crippen MR) is 83.9 cm³/mol. The quantitative estimate of drug-likeness (QED) is 0.708. The molecule has 0 radical (unpaired) electrons. The highest BCUT2D eigenvalue weighted by atomic mass is 32.2. The molecule has 0 fully saturated rings. The van der Waals surface area contributed by atoms with Crippen molar-refractivity contribution in [2.45, 2.75) is 17.0 Å². The van der Waals surface area contributed by atoms with Crippen LogP contribution >= 0.6 is 11.3 Å². The van der Waals surface area contributed by atoms with Gasteiger partial charge in [-0.15, -0.1) is 5.10 Å². The first kappa shape index (κ1) is 15.3. The average molecular weight is 346 g/mol. The van der Waals surface area contributed by atoms with E-state index in [1.54, 1.807) is 30.3 Å². The van der Waals surface area contributed by atoms with Crippen LogP contribution in [0.15, 0.2) is 39.5 Å². The molecule has 0 saturated heterocycles. The van der Waals surface area contributed by atoms with E-state index in [-0.39, 0.29) is 26.3 Å². The van der Waals surface area contributed by atoms with Crippen molar-refractivity contribution in [3.8, 4) is 6.07 Å². The van der Waals surface area contributed by atoms with Crippen molar-refractivity contribution in [2.75, 3.05) is 0 Å². The van der Waals surface area contributed by atoms with Gasteiger partial charge in [0.05, 0.1) is 11.3 Å². The summed E-state index contributed by atoms with van der Waals surface area (Å²) in [5, 5.41) is 12.8. The first-order chi connectivity index (χ1) is 10.9. The second kappa shape index (κ2) is 5.57. The summed E-state index contributed by atoms with van der Waals surface area (Å²) >= 11 is 0.778. The summed E-state index contributed by atoms with van der Waals surface area (Å²) in [5.41, 5.74) is 0.206. The fourth-order valence-corrected chi connectivity index (χ4v) is 4.49. The summed E-state index contributed by atoms with van der Waals surface area (Å²) in [7, 11) is -3.70. The van der Waals surface area contributed by atoms with E-state index in [2.05, 4.69) is 10.1 Å². The normalized spacial score (nSPS) is 11.5. The molecule has 116 valence electrons. The fraction of sp³-hybridized carbons (Fsp3) is 0.143. The molecule has 0 atom stereocenters. The van der Waals surface area contributed by atoms with Gasteiger partial charge in [-0.2, -0.15) is 9.78 Å². The molecule has 3 rings (SSSR count). The minimum absolute atomic E-state index is 0.0225. The molecule has 1 aromatic carbocycles. The van der Waals surface area contributed by atoms with Gasteiger partial charge in [0.2, 0.25) is 19.1 Å². The van der Waals surface area contributed by atoms with Gasteiger partial charge in [-0.3, -0.25) is 4.79 Å². The van der Waals surface area contributed by atoms with Gasteiger partial charge in [0.1, 0.15) is 6.07 Å². The van der Waals surface area contributed by atoms with Crippen LogP contribution in [0.3, 0.4) is 0 Å². The highest BCUT2D eigenvalue weighted by Gasteiger charge is 2.23. The maximum absolute atomic E-state index is 12.5. The van der Waals surface area contributed by atoms with E-state index in [1.807, 2.05) is 6.07 Å². The molecule has 3 aromatic rings. The van der Waals surface area contributed by atoms with E-state index in [1.165, 1.54) is 6.92 Å². The van der Waals surface area contributed by atoms with Gasteiger partial charge in [-0.1, -0.05) is 41.7 Å². The molecular weight excluding hydrogens is 336 g/mol. The Morgan fingerprint density at radius 3 is 2.65 bits per heavy atom. The maximum atomic E-state index is 12.5. The Kier molecular flexibility index (Phi) is 3.71. The van der Waals surface area contributed by atoms with Gasteiger partial charge >= 0.3 is 0 Å². The number of benzene rings is 1. The van der Waals surface area contributed by atoms with Crippen LogP contribution in [0.5, 0.6) is 0 Å². The molecule has 0 N–H and O–H groups in total. The molecule has 7 nitrogen and oxygen atoms in total. The lowest BCUT2D eigenvalue weighted by molar-refractivity contribution is 0.592. The maximum Gasteiger partial charge on any atom is 0.279 e. The topological polar surface area (TPSA) is 105 Å². The van der Waals surface area contributed by atoms with Crippen LogP contribution in [0.2, 0.25) is 0 Å². The van der Waals surface area contributed by atoms with E-state index in [9.17, 15) is 13.2 Å². The van der Waals surface area contributed by atoms with Gasteiger partial charge in [0.15, 0.2) is 5.69 Å². The van der Waals surface area contributed by atoms with Gasteiger partial charge < -0.3 is 0 Å². The SMILES string of the molecule is Cc1c(C#N)nc2sc(S(=O)(=O)Cc3ccccc3)nn2c1=O. The Morgan fingerprint density at radius 1 is 1.30 bits per heavy atom. The molecule has 0 spiro atoms. The van der Waals surface area contributed by atoms with Gasteiger partial charge in [-0.05, 0) is 12.5 Å². The van der Waals surface area contributed by atoms with E-state index < -0.39 is 15.4 Å². The van der Waals surface area contributed by atoms with Crippen molar-refractivity contribution < 1.29 is 8.42 Å². The lowest BCUT2D eigenvalue weighted by Crippen LogP contribution is -2.20. The van der Waals surface area contributed by atoms with Crippen molar-refractivity contribution in [2.24, 2.45) is 0 Å². The second-order valence-corrected chi connectivity index (χ2v) is 7.93. The zero-order valence-electron chi connectivity index (χ0n) is 11.9. The van der Waals surface area contributed by atoms with Gasteiger partial charge in [-0.25, -0.2) is 13.4 Å². The zero-order valence-corrected chi connectivity index (χ0v) is 13.6. The first-order valence-electron chi connectivity index (χ1n) is 6.49. The highest BCUT2D eigenvalue weighted by molar-refractivity contribution is 7.92. The Labute approximate surface area is 135 Å². The van der Waals surface area contributed by atoms with E-state index in [4.69, 9.17) is 5.26 Å². The van der Waals surface area contributed by atoms with Crippen LogP contribution in [0.25, 0.3) is 4.96 Å². The van der Waals surface area contributed by atoms with Crippen LogP contribution in [-0.2, 0) is 15.6 Å². The van der Waals surface area contributed by atoms with Crippen molar-refractivity contribution in [3.05, 3.63) is 57.5 Å². The van der Waals surface area contributed by atoms with Crippen LogP contribution in [0, 0.1) is 18.3 Å². The first-order valence-corrected chi connectivity index (χ1v) is 8.96.